The predicted octanol–water partition coefficient (Wildman–Crippen LogP) is 5.34. The highest BCUT2D eigenvalue weighted by atomic mass is 16.5. The average molecular weight is 523 g/mol. The zero-order valence-electron chi connectivity index (χ0n) is 22.9. The van der Waals surface area contributed by atoms with Crippen LogP contribution in [0.4, 0.5) is 0 Å². The van der Waals surface area contributed by atoms with Crippen LogP contribution < -0.4 is 10.3 Å². The van der Waals surface area contributed by atoms with Crippen molar-refractivity contribution in [1.82, 2.24) is 30.1 Å². The summed E-state index contributed by atoms with van der Waals surface area (Å²) in [6.45, 7) is 7.92. The van der Waals surface area contributed by atoms with Gasteiger partial charge in [-0.2, -0.15) is 0 Å². The second-order valence-corrected chi connectivity index (χ2v) is 10.0. The SMILES string of the molecule is CC[C@@H](c1nnnn1Cc1ccccc1)N(Cc1ccc(OC)cc1)Cc1cc2cc(C)c(C)cc2[nH]c1=O. The molecule has 0 saturated carbocycles. The van der Waals surface area contributed by atoms with Crippen LogP contribution in [0.25, 0.3) is 10.9 Å². The zero-order valence-corrected chi connectivity index (χ0v) is 22.9. The molecular formula is C31H34N6O2. The Morgan fingerprint density at radius 1 is 0.949 bits per heavy atom. The van der Waals surface area contributed by atoms with E-state index >= 15 is 0 Å². The van der Waals surface area contributed by atoms with Gasteiger partial charge in [0.2, 0.25) is 0 Å². The van der Waals surface area contributed by atoms with Gasteiger partial charge in [0, 0.05) is 24.2 Å². The molecular weight excluding hydrogens is 488 g/mol. The van der Waals surface area contributed by atoms with Crippen LogP contribution in [0.5, 0.6) is 5.75 Å². The number of nitrogens with zero attached hydrogens (tertiary/aromatic N) is 5. The minimum atomic E-state index is -0.110. The number of hydrogen-bond donors (Lipinski definition) is 1. The van der Waals surface area contributed by atoms with E-state index < -0.39 is 0 Å². The molecule has 5 aromatic rings. The van der Waals surface area contributed by atoms with E-state index in [0.29, 0.717) is 25.2 Å². The molecule has 0 saturated heterocycles. The van der Waals surface area contributed by atoms with E-state index in [4.69, 9.17) is 4.74 Å². The number of fused-ring (bicyclic) bond motifs is 1. The third-order valence-electron chi connectivity index (χ3n) is 7.31. The normalized spacial score (nSPS) is 12.2. The number of rotatable bonds is 10. The summed E-state index contributed by atoms with van der Waals surface area (Å²) in [4.78, 5) is 18.6. The second-order valence-electron chi connectivity index (χ2n) is 10.0. The third-order valence-corrected chi connectivity index (χ3v) is 7.31. The van der Waals surface area contributed by atoms with Gasteiger partial charge in [-0.15, -0.1) is 5.10 Å². The van der Waals surface area contributed by atoms with Crippen molar-refractivity contribution in [3.8, 4) is 5.75 Å². The van der Waals surface area contributed by atoms with Crippen molar-refractivity contribution in [3.05, 3.63) is 117 Å². The van der Waals surface area contributed by atoms with Gasteiger partial charge in [0.15, 0.2) is 5.82 Å². The Hall–Kier alpha value is -4.30. The lowest BCUT2D eigenvalue weighted by Gasteiger charge is -2.30. The molecule has 0 amide bonds. The summed E-state index contributed by atoms with van der Waals surface area (Å²) in [7, 11) is 1.66. The Morgan fingerprint density at radius 3 is 2.41 bits per heavy atom. The standard InChI is InChI=1S/C31H34N6O2/c1-5-29(30-33-34-35-37(30)19-23-9-7-6-8-10-23)36(18-24-11-13-27(39-4)14-12-24)20-26-17-25-15-21(2)22(3)16-28(25)32-31(26)38/h6-17,29H,5,18-20H2,1-4H3,(H,32,38)/t29-/m0/s1. The number of ether oxygens (including phenoxy) is 1. The average Bonchev–Trinajstić information content (AvgIpc) is 3.39. The summed E-state index contributed by atoms with van der Waals surface area (Å²) in [6.07, 6.45) is 0.773. The maximum Gasteiger partial charge on any atom is 0.252 e. The maximum atomic E-state index is 13.3. The van der Waals surface area contributed by atoms with E-state index in [2.05, 4.69) is 76.5 Å². The molecule has 0 aliphatic carbocycles. The third kappa shape index (κ3) is 5.91. The summed E-state index contributed by atoms with van der Waals surface area (Å²) in [6, 6.07) is 24.3. The molecule has 0 fully saturated rings. The van der Waals surface area contributed by atoms with Crippen LogP contribution in [-0.2, 0) is 19.6 Å². The smallest absolute Gasteiger partial charge is 0.252 e. The molecule has 2 heterocycles. The minimum absolute atomic E-state index is 0.0794. The van der Waals surface area contributed by atoms with E-state index in [0.717, 1.165) is 45.6 Å². The van der Waals surface area contributed by atoms with Crippen LogP contribution in [0.1, 0.15) is 53.0 Å². The van der Waals surface area contributed by atoms with Crippen LogP contribution in [0, 0.1) is 13.8 Å². The van der Waals surface area contributed by atoms with Gasteiger partial charge in [-0.05, 0) is 88.7 Å². The van der Waals surface area contributed by atoms with E-state index in [-0.39, 0.29) is 11.6 Å². The number of methoxy groups -OCH3 is 1. The van der Waals surface area contributed by atoms with E-state index in [1.807, 2.05) is 47.1 Å². The number of aryl methyl sites for hydroxylation is 2. The summed E-state index contributed by atoms with van der Waals surface area (Å²) < 4.78 is 7.22. The molecule has 0 radical (unpaired) electrons. The summed E-state index contributed by atoms with van der Waals surface area (Å²) >= 11 is 0. The van der Waals surface area contributed by atoms with Gasteiger partial charge in [0.05, 0.1) is 19.7 Å². The Morgan fingerprint density at radius 2 is 1.69 bits per heavy atom. The largest absolute Gasteiger partial charge is 0.497 e. The Balaban J connectivity index is 1.53. The Bertz CT molecular complexity index is 1610. The molecule has 0 unspecified atom stereocenters. The molecule has 0 bridgehead atoms. The van der Waals surface area contributed by atoms with Crippen molar-refractivity contribution in [1.29, 1.82) is 0 Å². The number of pyridine rings is 1. The van der Waals surface area contributed by atoms with E-state index in [1.54, 1.807) is 7.11 Å². The lowest BCUT2D eigenvalue weighted by molar-refractivity contribution is 0.161. The van der Waals surface area contributed by atoms with Gasteiger partial charge >= 0.3 is 0 Å². The lowest BCUT2D eigenvalue weighted by atomic mass is 10.0. The van der Waals surface area contributed by atoms with Crippen LogP contribution in [0.3, 0.4) is 0 Å². The highest BCUT2D eigenvalue weighted by Crippen LogP contribution is 2.28. The lowest BCUT2D eigenvalue weighted by Crippen LogP contribution is -2.32. The van der Waals surface area contributed by atoms with Crippen LogP contribution >= 0.6 is 0 Å². The van der Waals surface area contributed by atoms with Gasteiger partial charge in [-0.1, -0.05) is 49.4 Å². The van der Waals surface area contributed by atoms with E-state index in [1.165, 1.54) is 5.56 Å². The Labute approximate surface area is 228 Å². The van der Waals surface area contributed by atoms with E-state index in [9.17, 15) is 4.79 Å². The number of aromatic nitrogens is 5. The van der Waals surface area contributed by atoms with Crippen molar-refractivity contribution >= 4 is 10.9 Å². The number of benzene rings is 3. The first-order valence-electron chi connectivity index (χ1n) is 13.2. The van der Waals surface area contributed by atoms with Crippen molar-refractivity contribution in [2.75, 3.05) is 7.11 Å². The first-order chi connectivity index (χ1) is 18.9. The predicted molar refractivity (Wildman–Crippen MR) is 153 cm³/mol. The van der Waals surface area contributed by atoms with Gasteiger partial charge in [0.1, 0.15) is 5.75 Å². The molecule has 200 valence electrons. The molecule has 5 rings (SSSR count). The molecule has 2 aromatic heterocycles. The fourth-order valence-electron chi connectivity index (χ4n) is 5.02. The molecule has 0 spiro atoms. The number of hydrogen-bond acceptors (Lipinski definition) is 6. The fraction of sp³-hybridized carbons (Fsp3) is 0.290. The quantitative estimate of drug-likeness (QED) is 0.266. The summed E-state index contributed by atoms with van der Waals surface area (Å²) in [5, 5.41) is 13.8. The van der Waals surface area contributed by atoms with Crippen LogP contribution in [0.15, 0.2) is 77.6 Å². The highest BCUT2D eigenvalue weighted by molar-refractivity contribution is 5.80. The van der Waals surface area contributed by atoms with Crippen LogP contribution in [0.2, 0.25) is 0 Å². The minimum Gasteiger partial charge on any atom is -0.497 e. The van der Waals surface area contributed by atoms with Gasteiger partial charge in [-0.25, -0.2) is 4.68 Å². The highest BCUT2D eigenvalue weighted by Gasteiger charge is 2.26. The van der Waals surface area contributed by atoms with Crippen molar-refractivity contribution in [2.45, 2.75) is 52.9 Å². The number of aromatic amines is 1. The monoisotopic (exact) mass is 522 g/mol. The van der Waals surface area contributed by atoms with Gasteiger partial charge < -0.3 is 9.72 Å². The topological polar surface area (TPSA) is 88.9 Å². The number of H-pyrrole nitrogens is 1. The number of nitrogens with one attached hydrogen (secondary N) is 1. The number of tetrazole rings is 1. The van der Waals surface area contributed by atoms with Gasteiger partial charge in [-0.3, -0.25) is 9.69 Å². The zero-order chi connectivity index (χ0) is 27.4. The van der Waals surface area contributed by atoms with Crippen molar-refractivity contribution < 1.29 is 4.74 Å². The molecule has 39 heavy (non-hydrogen) atoms. The first kappa shape index (κ1) is 26.3. The molecule has 8 heteroatoms. The van der Waals surface area contributed by atoms with Gasteiger partial charge in [0.25, 0.3) is 5.56 Å². The molecule has 8 nitrogen and oxygen atoms in total. The maximum absolute atomic E-state index is 13.3. The molecule has 0 aliphatic heterocycles. The fourth-order valence-corrected chi connectivity index (χ4v) is 5.02. The second kappa shape index (κ2) is 11.6. The van der Waals surface area contributed by atoms with Crippen molar-refractivity contribution in [2.24, 2.45) is 0 Å². The Kier molecular flexibility index (Phi) is 7.84. The summed E-state index contributed by atoms with van der Waals surface area (Å²) in [5.41, 5.74) is 6.07. The van der Waals surface area contributed by atoms with Crippen molar-refractivity contribution in [3.63, 3.8) is 0 Å². The molecule has 1 atom stereocenters. The first-order valence-corrected chi connectivity index (χ1v) is 13.2. The molecule has 0 aliphatic rings. The van der Waals surface area contributed by atoms with Crippen LogP contribution in [-0.4, -0.2) is 37.2 Å². The molecule has 1 N–H and O–H groups in total. The molecule has 3 aromatic carbocycles. The summed E-state index contributed by atoms with van der Waals surface area (Å²) in [5.74, 6) is 1.58.